The molecule has 2 aliphatic heterocycles. The van der Waals surface area contributed by atoms with Crippen LogP contribution in [0.1, 0.15) is 51.1 Å². The van der Waals surface area contributed by atoms with E-state index >= 15 is 0 Å². The molecule has 0 radical (unpaired) electrons. The molecule has 3 aromatic heterocycles. The Bertz CT molecular complexity index is 1550. The molecule has 40 heavy (non-hydrogen) atoms. The largest absolute Gasteiger partial charge is 0.439 e. The summed E-state index contributed by atoms with van der Waals surface area (Å²) < 4.78 is 10.1. The Morgan fingerprint density at radius 2 is 2.05 bits per heavy atom. The predicted molar refractivity (Wildman–Crippen MR) is 152 cm³/mol. The Morgan fingerprint density at radius 3 is 2.77 bits per heavy atom. The molecule has 4 aromatic rings. The second-order valence-electron chi connectivity index (χ2n) is 11.2. The average Bonchev–Trinajstić information content (AvgIpc) is 3.58. The zero-order valence-corrected chi connectivity index (χ0v) is 23.6. The SMILES string of the molecule is CC(N)C(=O)N1Cc2ncnc(Oc3ccc4c(ccn4C)c3)c2C[C@@H]1C.CC1(C)CCn2nc(NC=O)cc21. The lowest BCUT2D eigenvalue weighted by molar-refractivity contribution is -0.135. The molecule has 1 unspecified atom stereocenters. The van der Waals surface area contributed by atoms with Crippen LogP contribution in [-0.2, 0) is 41.6 Å². The number of ether oxygens (including phenoxy) is 1. The number of aromatic nitrogens is 5. The standard InChI is InChI=1S/C20H23N5O2.C9H13N3O/c1-12-8-16-17(10-25(12)20(26)13(2)21)22-11-23-19(16)27-15-4-5-18-14(9-15)6-7-24(18)3;1-9(2)3-4-12-7(9)5-8(11-12)10-6-13/h4-7,9,11-13H,8,10,21H2,1-3H3;5-6H,3-4H2,1-2H3,(H,10,11,13)/t12-,13?;/m0./s1. The molecule has 2 atom stereocenters. The van der Waals surface area contributed by atoms with E-state index in [0.29, 0.717) is 31.1 Å². The van der Waals surface area contributed by atoms with Gasteiger partial charge in [0.2, 0.25) is 18.2 Å². The van der Waals surface area contributed by atoms with Gasteiger partial charge in [0, 0.05) is 59.5 Å². The van der Waals surface area contributed by atoms with Crippen LogP contribution in [-0.4, -0.2) is 53.6 Å². The van der Waals surface area contributed by atoms with E-state index in [2.05, 4.69) is 44.9 Å². The number of rotatable bonds is 5. The van der Waals surface area contributed by atoms with Gasteiger partial charge in [0.15, 0.2) is 5.82 Å². The van der Waals surface area contributed by atoms with E-state index in [9.17, 15) is 9.59 Å². The molecule has 0 spiro atoms. The maximum Gasteiger partial charge on any atom is 0.239 e. The van der Waals surface area contributed by atoms with Gasteiger partial charge in [-0.2, -0.15) is 5.10 Å². The summed E-state index contributed by atoms with van der Waals surface area (Å²) in [5.74, 6) is 1.87. The van der Waals surface area contributed by atoms with Crippen molar-refractivity contribution in [2.45, 2.75) is 71.1 Å². The van der Waals surface area contributed by atoms with Crippen molar-refractivity contribution in [1.29, 1.82) is 0 Å². The van der Waals surface area contributed by atoms with Crippen LogP contribution < -0.4 is 15.8 Å². The molecule has 5 heterocycles. The van der Waals surface area contributed by atoms with Crippen LogP contribution >= 0.6 is 0 Å². The molecule has 11 nitrogen and oxygen atoms in total. The molecule has 0 aliphatic carbocycles. The van der Waals surface area contributed by atoms with Crippen LogP contribution in [0.3, 0.4) is 0 Å². The van der Waals surface area contributed by atoms with Gasteiger partial charge in [0.25, 0.3) is 0 Å². The molecule has 0 saturated heterocycles. The number of anilines is 1. The fraction of sp³-hybridized carbons (Fsp3) is 0.414. The molecule has 3 N–H and O–H groups in total. The normalized spacial score (nSPS) is 17.9. The van der Waals surface area contributed by atoms with Crippen molar-refractivity contribution in [3.05, 3.63) is 59.8 Å². The van der Waals surface area contributed by atoms with Crippen LogP contribution in [0.2, 0.25) is 0 Å². The van der Waals surface area contributed by atoms with Crippen LogP contribution in [0.5, 0.6) is 11.6 Å². The van der Waals surface area contributed by atoms with Gasteiger partial charge in [0.1, 0.15) is 12.1 Å². The predicted octanol–water partition coefficient (Wildman–Crippen LogP) is 3.51. The van der Waals surface area contributed by atoms with Crippen LogP contribution in [0, 0.1) is 0 Å². The Labute approximate surface area is 233 Å². The fourth-order valence-electron chi connectivity index (χ4n) is 5.35. The highest BCUT2D eigenvalue weighted by molar-refractivity contribution is 5.82. The highest BCUT2D eigenvalue weighted by atomic mass is 16.5. The van der Waals surface area contributed by atoms with Gasteiger partial charge in [-0.1, -0.05) is 13.8 Å². The first kappa shape index (κ1) is 27.3. The number of nitrogens with two attached hydrogens (primary N) is 1. The highest BCUT2D eigenvalue weighted by Gasteiger charge is 2.32. The average molecular weight is 545 g/mol. The number of benzene rings is 1. The number of amides is 2. The van der Waals surface area contributed by atoms with E-state index in [1.807, 2.05) is 49.1 Å². The van der Waals surface area contributed by atoms with Crippen LogP contribution in [0.4, 0.5) is 5.82 Å². The van der Waals surface area contributed by atoms with E-state index in [-0.39, 0.29) is 17.4 Å². The zero-order valence-electron chi connectivity index (χ0n) is 23.6. The summed E-state index contributed by atoms with van der Waals surface area (Å²) in [7, 11) is 2.01. The summed E-state index contributed by atoms with van der Waals surface area (Å²) in [6.07, 6.45) is 5.92. The van der Waals surface area contributed by atoms with Gasteiger partial charge in [0.05, 0.1) is 18.3 Å². The quantitative estimate of drug-likeness (QED) is 0.367. The molecular formula is C29H36N8O3. The van der Waals surface area contributed by atoms with Crippen molar-refractivity contribution in [1.82, 2.24) is 29.2 Å². The number of carbonyl (C=O) groups excluding carboxylic acids is 2. The second-order valence-corrected chi connectivity index (χ2v) is 11.2. The summed E-state index contributed by atoms with van der Waals surface area (Å²) in [6, 6.07) is 9.46. The zero-order chi connectivity index (χ0) is 28.6. The summed E-state index contributed by atoms with van der Waals surface area (Å²) in [4.78, 5) is 33.0. The minimum absolute atomic E-state index is 0.0148. The smallest absolute Gasteiger partial charge is 0.239 e. The number of fused-ring (bicyclic) bond motifs is 3. The van der Waals surface area contributed by atoms with Crippen molar-refractivity contribution in [3.8, 4) is 11.6 Å². The van der Waals surface area contributed by atoms with Gasteiger partial charge in [-0.3, -0.25) is 14.3 Å². The highest BCUT2D eigenvalue weighted by Crippen LogP contribution is 2.35. The van der Waals surface area contributed by atoms with Crippen molar-refractivity contribution in [2.24, 2.45) is 12.8 Å². The van der Waals surface area contributed by atoms with Crippen molar-refractivity contribution >= 4 is 29.0 Å². The Kier molecular flexibility index (Phi) is 7.33. The number of hydrogen-bond acceptors (Lipinski definition) is 7. The number of hydrogen-bond donors (Lipinski definition) is 2. The molecule has 6 rings (SSSR count). The van der Waals surface area contributed by atoms with E-state index in [0.717, 1.165) is 40.9 Å². The van der Waals surface area contributed by atoms with E-state index in [4.69, 9.17) is 10.5 Å². The number of nitrogens with one attached hydrogen (secondary N) is 1. The Hall–Kier alpha value is -4.25. The second kappa shape index (κ2) is 10.7. The maximum absolute atomic E-state index is 12.3. The van der Waals surface area contributed by atoms with Crippen molar-refractivity contribution in [2.75, 3.05) is 5.32 Å². The van der Waals surface area contributed by atoms with E-state index in [1.54, 1.807) is 11.8 Å². The molecule has 210 valence electrons. The van der Waals surface area contributed by atoms with Gasteiger partial charge >= 0.3 is 0 Å². The van der Waals surface area contributed by atoms with Gasteiger partial charge in [-0.15, -0.1) is 0 Å². The number of carbonyl (C=O) groups is 2. The molecule has 1 aromatic carbocycles. The molecule has 2 aliphatic rings. The number of nitrogens with zero attached hydrogens (tertiary/aromatic N) is 6. The van der Waals surface area contributed by atoms with Crippen molar-refractivity contribution < 1.29 is 14.3 Å². The Balaban J connectivity index is 0.000000207. The molecule has 0 saturated carbocycles. The first-order valence-electron chi connectivity index (χ1n) is 13.5. The third kappa shape index (κ3) is 5.29. The third-order valence-electron chi connectivity index (χ3n) is 7.72. The molecule has 0 bridgehead atoms. The first-order chi connectivity index (χ1) is 19.1. The van der Waals surface area contributed by atoms with Gasteiger partial charge in [-0.05, 0) is 51.0 Å². The molecule has 0 fully saturated rings. The summed E-state index contributed by atoms with van der Waals surface area (Å²) in [5, 5.41) is 7.92. The number of aryl methyl sites for hydroxylation is 2. The fourth-order valence-corrected chi connectivity index (χ4v) is 5.35. The minimum Gasteiger partial charge on any atom is -0.439 e. The monoisotopic (exact) mass is 544 g/mol. The Morgan fingerprint density at radius 1 is 1.25 bits per heavy atom. The first-order valence-corrected chi connectivity index (χ1v) is 13.5. The summed E-state index contributed by atoms with van der Waals surface area (Å²) >= 11 is 0. The maximum atomic E-state index is 12.3. The lowest BCUT2D eigenvalue weighted by Crippen LogP contribution is -2.49. The van der Waals surface area contributed by atoms with E-state index in [1.165, 1.54) is 12.0 Å². The minimum atomic E-state index is -0.524. The van der Waals surface area contributed by atoms with E-state index < -0.39 is 6.04 Å². The van der Waals surface area contributed by atoms with Crippen molar-refractivity contribution in [3.63, 3.8) is 0 Å². The lowest BCUT2D eigenvalue weighted by Gasteiger charge is -2.35. The summed E-state index contributed by atoms with van der Waals surface area (Å²) in [6.45, 7) is 9.47. The van der Waals surface area contributed by atoms with Gasteiger partial charge < -0.3 is 25.3 Å². The topological polar surface area (TPSA) is 133 Å². The molecule has 11 heteroatoms. The molecule has 2 amide bonds. The third-order valence-corrected chi connectivity index (χ3v) is 7.72. The lowest BCUT2D eigenvalue weighted by atomic mass is 9.89. The van der Waals surface area contributed by atoms with Crippen LogP contribution in [0.15, 0.2) is 42.9 Å². The van der Waals surface area contributed by atoms with Crippen LogP contribution in [0.25, 0.3) is 10.9 Å². The van der Waals surface area contributed by atoms with Gasteiger partial charge in [-0.25, -0.2) is 9.97 Å². The molecular weight excluding hydrogens is 508 g/mol. The summed E-state index contributed by atoms with van der Waals surface area (Å²) in [5.41, 5.74) is 10.1.